The molecule has 1 saturated carbocycles. The number of hydrogen-bond acceptors (Lipinski definition) is 4. The summed E-state index contributed by atoms with van der Waals surface area (Å²) in [4.78, 5) is 36.3. The molecule has 1 saturated heterocycles. The Hall–Kier alpha value is -2.37. The number of nitrogens with zero attached hydrogens (tertiary/aromatic N) is 1. The first-order chi connectivity index (χ1) is 9.26. The topological polar surface area (TPSA) is 94.9 Å². The van der Waals surface area contributed by atoms with Crippen LogP contribution in [-0.2, 0) is 9.59 Å². The Labute approximate surface area is 114 Å². The molecule has 0 radical (unpaired) electrons. The smallest absolute Gasteiger partial charge is 0.339 e. The van der Waals surface area contributed by atoms with Gasteiger partial charge in [0.25, 0.3) is 0 Å². The highest BCUT2D eigenvalue weighted by molar-refractivity contribution is 6.25. The Bertz CT molecular complexity index is 640. The minimum absolute atomic E-state index is 0.213. The number of carbonyl (C=O) groups excluding carboxylic acids is 2. The summed E-state index contributed by atoms with van der Waals surface area (Å²) in [7, 11) is 0. The highest BCUT2D eigenvalue weighted by Gasteiger charge is 2.72. The molecule has 2 N–H and O–H groups in total. The van der Waals surface area contributed by atoms with Crippen molar-refractivity contribution in [3.63, 3.8) is 0 Å². The highest BCUT2D eigenvalue weighted by atomic mass is 16.4. The minimum atomic E-state index is -1.27. The number of carbonyl (C=O) groups is 3. The lowest BCUT2D eigenvalue weighted by atomic mass is 10.0. The van der Waals surface area contributed by atoms with Crippen molar-refractivity contribution in [2.75, 3.05) is 4.90 Å². The maximum atomic E-state index is 12.2. The number of carboxylic acids is 1. The monoisotopic (exact) mass is 275 g/mol. The van der Waals surface area contributed by atoms with Crippen LogP contribution in [0.2, 0.25) is 0 Å². The fourth-order valence-electron chi connectivity index (χ4n) is 3.04. The lowest BCUT2D eigenvalue weighted by Crippen LogP contribution is -2.36. The van der Waals surface area contributed by atoms with Gasteiger partial charge in [-0.25, -0.2) is 9.69 Å². The molecular weight excluding hydrogens is 262 g/mol. The zero-order valence-corrected chi connectivity index (χ0v) is 11.0. The van der Waals surface area contributed by atoms with Crippen LogP contribution in [0.5, 0.6) is 5.75 Å². The average molecular weight is 275 g/mol. The van der Waals surface area contributed by atoms with Crippen molar-refractivity contribution in [3.05, 3.63) is 23.8 Å². The van der Waals surface area contributed by atoms with Gasteiger partial charge in [0, 0.05) is 6.07 Å². The number of aromatic carboxylic acids is 1. The van der Waals surface area contributed by atoms with Gasteiger partial charge < -0.3 is 10.2 Å². The third-order valence-corrected chi connectivity index (χ3v) is 4.27. The van der Waals surface area contributed by atoms with Crippen molar-refractivity contribution < 1.29 is 24.6 Å². The number of aromatic hydroxyl groups is 1. The van der Waals surface area contributed by atoms with Crippen molar-refractivity contribution in [2.24, 2.45) is 17.3 Å². The van der Waals surface area contributed by atoms with Gasteiger partial charge >= 0.3 is 5.97 Å². The summed E-state index contributed by atoms with van der Waals surface area (Å²) in [6.45, 7) is 3.75. The van der Waals surface area contributed by atoms with E-state index in [9.17, 15) is 19.5 Å². The second-order valence-corrected chi connectivity index (χ2v) is 5.80. The summed E-state index contributed by atoms with van der Waals surface area (Å²) in [5.41, 5.74) is -0.350. The molecule has 3 rings (SSSR count). The predicted molar refractivity (Wildman–Crippen MR) is 68.3 cm³/mol. The number of anilines is 1. The number of carboxylic acid groups (broad SMARTS) is 1. The Kier molecular flexibility index (Phi) is 2.27. The summed E-state index contributed by atoms with van der Waals surface area (Å²) >= 11 is 0. The normalized spacial score (nSPS) is 26.6. The summed E-state index contributed by atoms with van der Waals surface area (Å²) in [6, 6.07) is 3.68. The molecule has 2 unspecified atom stereocenters. The molecule has 20 heavy (non-hydrogen) atoms. The molecule has 0 bridgehead atoms. The number of benzene rings is 1. The van der Waals surface area contributed by atoms with E-state index in [0.29, 0.717) is 0 Å². The van der Waals surface area contributed by atoms with E-state index in [1.807, 2.05) is 13.8 Å². The van der Waals surface area contributed by atoms with Gasteiger partial charge in [-0.3, -0.25) is 9.59 Å². The highest BCUT2D eigenvalue weighted by Crippen LogP contribution is 2.63. The maximum absolute atomic E-state index is 12.2. The number of amides is 2. The first kappa shape index (κ1) is 12.7. The molecule has 1 aromatic carbocycles. The summed E-state index contributed by atoms with van der Waals surface area (Å²) in [6.07, 6.45) is 0. The quantitative estimate of drug-likeness (QED) is 0.792. The SMILES string of the molecule is CC1(C)C2C(=O)N(c3ccc(C(=O)O)c(O)c3)C(=O)C21. The fraction of sp³-hybridized carbons (Fsp3) is 0.357. The van der Waals surface area contributed by atoms with Crippen LogP contribution in [0.15, 0.2) is 18.2 Å². The van der Waals surface area contributed by atoms with E-state index in [0.717, 1.165) is 11.0 Å². The van der Waals surface area contributed by atoms with Crippen molar-refractivity contribution in [1.82, 2.24) is 0 Å². The second kappa shape index (κ2) is 3.59. The molecule has 2 aliphatic rings. The Balaban J connectivity index is 1.96. The van der Waals surface area contributed by atoms with Crippen LogP contribution in [0.1, 0.15) is 24.2 Å². The third kappa shape index (κ3) is 1.41. The Morgan fingerprint density at radius 3 is 2.20 bits per heavy atom. The Morgan fingerprint density at radius 2 is 1.75 bits per heavy atom. The summed E-state index contributed by atoms with van der Waals surface area (Å²) in [5, 5.41) is 18.5. The van der Waals surface area contributed by atoms with E-state index in [2.05, 4.69) is 0 Å². The molecular formula is C14H13NO5. The van der Waals surface area contributed by atoms with Gasteiger partial charge in [-0.15, -0.1) is 0 Å². The molecule has 2 fully saturated rings. The van der Waals surface area contributed by atoms with Gasteiger partial charge in [-0.05, 0) is 17.5 Å². The molecule has 1 heterocycles. The maximum Gasteiger partial charge on any atom is 0.339 e. The second-order valence-electron chi connectivity index (χ2n) is 5.80. The van der Waals surface area contributed by atoms with Crippen LogP contribution in [0.3, 0.4) is 0 Å². The van der Waals surface area contributed by atoms with Crippen LogP contribution in [0.4, 0.5) is 5.69 Å². The Morgan fingerprint density at radius 1 is 1.20 bits per heavy atom. The molecule has 6 nitrogen and oxygen atoms in total. The van der Waals surface area contributed by atoms with Crippen molar-refractivity contribution in [3.8, 4) is 5.75 Å². The van der Waals surface area contributed by atoms with Gasteiger partial charge in [0.2, 0.25) is 11.8 Å². The molecule has 0 spiro atoms. The summed E-state index contributed by atoms with van der Waals surface area (Å²) < 4.78 is 0. The molecule has 2 atom stereocenters. The predicted octanol–water partition coefficient (Wildman–Crippen LogP) is 1.24. The van der Waals surface area contributed by atoms with Crippen molar-refractivity contribution >= 4 is 23.5 Å². The number of rotatable bonds is 2. The van der Waals surface area contributed by atoms with Crippen molar-refractivity contribution in [2.45, 2.75) is 13.8 Å². The molecule has 104 valence electrons. The zero-order valence-electron chi connectivity index (χ0n) is 11.0. The fourth-order valence-corrected chi connectivity index (χ4v) is 3.04. The lowest BCUT2D eigenvalue weighted by molar-refractivity contribution is -0.125. The van der Waals surface area contributed by atoms with Crippen LogP contribution >= 0.6 is 0 Å². The third-order valence-electron chi connectivity index (χ3n) is 4.27. The number of phenols is 1. The first-order valence-electron chi connectivity index (χ1n) is 6.21. The average Bonchev–Trinajstić information content (AvgIpc) is 2.79. The largest absolute Gasteiger partial charge is 0.507 e. The van der Waals surface area contributed by atoms with E-state index < -0.39 is 11.7 Å². The molecule has 1 aromatic rings. The van der Waals surface area contributed by atoms with E-state index >= 15 is 0 Å². The number of piperidine rings is 1. The van der Waals surface area contributed by atoms with Gasteiger partial charge in [0.1, 0.15) is 11.3 Å². The van der Waals surface area contributed by atoms with Crippen LogP contribution in [-0.4, -0.2) is 28.0 Å². The van der Waals surface area contributed by atoms with Gasteiger partial charge in [-0.2, -0.15) is 0 Å². The van der Waals surface area contributed by atoms with E-state index in [1.165, 1.54) is 12.1 Å². The van der Waals surface area contributed by atoms with E-state index in [4.69, 9.17) is 5.11 Å². The van der Waals surface area contributed by atoms with E-state index in [-0.39, 0.29) is 40.3 Å². The molecule has 1 aliphatic heterocycles. The minimum Gasteiger partial charge on any atom is -0.507 e. The standard InChI is InChI=1S/C14H13NO5/c1-14(2)9-10(14)12(18)15(11(9)17)6-3-4-7(13(19)20)8(16)5-6/h3-5,9-10,16H,1-2H3,(H,19,20). The van der Waals surface area contributed by atoms with Gasteiger partial charge in [0.05, 0.1) is 17.5 Å². The molecule has 2 amide bonds. The number of imide groups is 1. The van der Waals surface area contributed by atoms with E-state index in [1.54, 1.807) is 0 Å². The van der Waals surface area contributed by atoms with Crippen LogP contribution in [0, 0.1) is 17.3 Å². The van der Waals surface area contributed by atoms with Gasteiger partial charge in [-0.1, -0.05) is 13.8 Å². The molecule has 0 aromatic heterocycles. The molecule has 1 aliphatic carbocycles. The number of fused-ring (bicyclic) bond motifs is 1. The summed E-state index contributed by atoms with van der Waals surface area (Å²) in [5.74, 6) is -2.92. The first-order valence-corrected chi connectivity index (χ1v) is 6.21. The van der Waals surface area contributed by atoms with Gasteiger partial charge in [0.15, 0.2) is 0 Å². The zero-order chi connectivity index (χ0) is 14.8. The number of hydrogen-bond donors (Lipinski definition) is 2. The van der Waals surface area contributed by atoms with Crippen LogP contribution < -0.4 is 4.90 Å². The van der Waals surface area contributed by atoms with Crippen LogP contribution in [0.25, 0.3) is 0 Å². The molecule has 6 heteroatoms. The van der Waals surface area contributed by atoms with Crippen molar-refractivity contribution in [1.29, 1.82) is 0 Å². The lowest BCUT2D eigenvalue weighted by Gasteiger charge is -2.20.